The molecule has 1 aromatic carbocycles. The monoisotopic (exact) mass is 518 g/mol. The maximum Gasteiger partial charge on any atom is 0.416 e. The van der Waals surface area contributed by atoms with Crippen molar-refractivity contribution in [2.24, 2.45) is 0 Å². The van der Waals surface area contributed by atoms with Crippen LogP contribution in [0.3, 0.4) is 0 Å². The van der Waals surface area contributed by atoms with E-state index < -0.39 is 22.5 Å². The lowest BCUT2D eigenvalue weighted by molar-refractivity contribution is -0.139. The first-order valence-corrected chi connectivity index (χ1v) is 11.2. The second-order valence-corrected chi connectivity index (χ2v) is 10.5. The molecular weight excluding hydrogens is 497 g/mol. The second kappa shape index (κ2) is 10.7. The summed E-state index contributed by atoms with van der Waals surface area (Å²) >= 11 is 2.69. The quantitative estimate of drug-likeness (QED) is 0.356. The number of hydrogen-bond acceptors (Lipinski definition) is 7. The number of alkyl halides is 3. The van der Waals surface area contributed by atoms with Crippen LogP contribution in [0.25, 0.3) is 11.1 Å². The van der Waals surface area contributed by atoms with Crippen molar-refractivity contribution < 1.29 is 23.1 Å². The van der Waals surface area contributed by atoms with Crippen LogP contribution in [-0.2, 0) is 17.4 Å². The van der Waals surface area contributed by atoms with E-state index >= 15 is 0 Å². The molecule has 0 fully saturated rings. The van der Waals surface area contributed by atoms with E-state index in [9.17, 15) is 23.1 Å². The minimum atomic E-state index is -4.37. The van der Waals surface area contributed by atoms with Crippen LogP contribution in [0.5, 0.6) is 0 Å². The Kier molecular flexibility index (Phi) is 8.72. The van der Waals surface area contributed by atoms with Gasteiger partial charge in [-0.25, -0.2) is 15.0 Å². The molecule has 2 N–H and O–H groups in total. The minimum Gasteiger partial charge on any atom is -0.480 e. The van der Waals surface area contributed by atoms with Gasteiger partial charge in [-0.15, -0.1) is 23.7 Å². The van der Waals surface area contributed by atoms with Gasteiger partial charge in [0.2, 0.25) is 5.95 Å². The largest absolute Gasteiger partial charge is 0.480 e. The number of thiazole rings is 1. The summed E-state index contributed by atoms with van der Waals surface area (Å²) in [5, 5.41) is 12.4. The number of carboxylic acid groups (broad SMARTS) is 1. The third-order valence-corrected chi connectivity index (χ3v) is 6.83. The number of aryl methyl sites for hydroxylation is 1. The lowest BCUT2D eigenvalue weighted by Crippen LogP contribution is -2.26. The molecule has 0 bridgehead atoms. The molecule has 0 aliphatic heterocycles. The molecule has 0 aliphatic carbocycles. The number of carbonyl (C=O) groups is 1. The van der Waals surface area contributed by atoms with Crippen molar-refractivity contribution >= 4 is 47.4 Å². The summed E-state index contributed by atoms with van der Waals surface area (Å²) in [5.41, 5.74) is 1.39. The number of rotatable bonds is 8. The molecule has 0 amide bonds. The number of nitrogens with one attached hydrogen (secondary N) is 1. The van der Waals surface area contributed by atoms with Crippen LogP contribution in [0.1, 0.15) is 30.0 Å². The van der Waals surface area contributed by atoms with Crippen molar-refractivity contribution in [1.82, 2.24) is 15.0 Å². The lowest BCUT2D eigenvalue weighted by Gasteiger charge is -2.15. The van der Waals surface area contributed by atoms with Gasteiger partial charge in [0, 0.05) is 35.8 Å². The molecule has 2 aromatic heterocycles. The van der Waals surface area contributed by atoms with Gasteiger partial charge >= 0.3 is 12.1 Å². The second-order valence-electron chi connectivity index (χ2n) is 7.45. The number of nitrogens with zero attached hydrogens (tertiary/aromatic N) is 3. The summed E-state index contributed by atoms with van der Waals surface area (Å²) in [4.78, 5) is 25.3. The fourth-order valence-corrected chi connectivity index (χ4v) is 5.18. The van der Waals surface area contributed by atoms with Gasteiger partial charge in [-0.05, 0) is 38.5 Å². The Morgan fingerprint density at radius 2 is 1.73 bits per heavy atom. The summed E-state index contributed by atoms with van der Waals surface area (Å²) in [6.45, 7) is 5.75. The molecule has 0 spiro atoms. The standard InChI is InChI=1S/C21H21F3N4O2S2.ClH/c1-12-16(28-19(31-12)32-20(2,3)17(29)30)8-9-25-18-26-10-14(11-27-18)13-4-6-15(7-5-13)21(22,23)24;/h4-7,10-11H,8-9H2,1-3H3,(H,29,30)(H,25,26,27);1H. The predicted molar refractivity (Wildman–Crippen MR) is 126 cm³/mol. The topological polar surface area (TPSA) is 88.0 Å². The van der Waals surface area contributed by atoms with Gasteiger partial charge in [0.05, 0.1) is 11.3 Å². The summed E-state index contributed by atoms with van der Waals surface area (Å²) in [7, 11) is 0. The molecular formula is C21H22ClF3N4O2S2. The van der Waals surface area contributed by atoms with Crippen LogP contribution >= 0.6 is 35.5 Å². The van der Waals surface area contributed by atoms with Crippen molar-refractivity contribution in [3.05, 3.63) is 52.8 Å². The van der Waals surface area contributed by atoms with Crippen LogP contribution < -0.4 is 5.32 Å². The Hall–Kier alpha value is -2.37. The highest BCUT2D eigenvalue weighted by molar-refractivity contribution is 8.03. The maximum absolute atomic E-state index is 12.7. The Morgan fingerprint density at radius 1 is 1.12 bits per heavy atom. The smallest absolute Gasteiger partial charge is 0.416 e. The van der Waals surface area contributed by atoms with Crippen LogP contribution in [0.2, 0.25) is 0 Å². The molecule has 3 rings (SSSR count). The number of hydrogen-bond donors (Lipinski definition) is 2. The Bertz CT molecular complexity index is 1090. The predicted octanol–water partition coefficient (Wildman–Crippen LogP) is 5.96. The summed E-state index contributed by atoms with van der Waals surface area (Å²) < 4.78 is 37.8. The summed E-state index contributed by atoms with van der Waals surface area (Å²) in [5.74, 6) is -0.495. The van der Waals surface area contributed by atoms with Crippen molar-refractivity contribution in [1.29, 1.82) is 0 Å². The van der Waals surface area contributed by atoms with Gasteiger partial charge in [0.15, 0.2) is 4.34 Å². The zero-order valence-corrected chi connectivity index (χ0v) is 20.4. The molecule has 0 saturated carbocycles. The molecule has 3 aromatic rings. The zero-order valence-electron chi connectivity index (χ0n) is 17.9. The molecule has 0 saturated heterocycles. The minimum absolute atomic E-state index is 0. The van der Waals surface area contributed by atoms with Gasteiger partial charge in [-0.1, -0.05) is 23.9 Å². The normalized spacial score (nSPS) is 11.7. The zero-order chi connectivity index (χ0) is 23.5. The van der Waals surface area contributed by atoms with E-state index in [0.29, 0.717) is 34.4 Å². The third-order valence-electron chi connectivity index (χ3n) is 4.57. The van der Waals surface area contributed by atoms with E-state index in [2.05, 4.69) is 20.3 Å². The number of thioether (sulfide) groups is 1. The van der Waals surface area contributed by atoms with Crippen molar-refractivity contribution in [2.75, 3.05) is 11.9 Å². The maximum atomic E-state index is 12.7. The molecule has 178 valence electrons. The molecule has 2 heterocycles. The Morgan fingerprint density at radius 3 is 2.27 bits per heavy atom. The molecule has 0 aliphatic rings. The lowest BCUT2D eigenvalue weighted by atomic mass is 10.1. The molecule has 6 nitrogen and oxygen atoms in total. The highest BCUT2D eigenvalue weighted by Gasteiger charge is 2.31. The molecule has 0 atom stereocenters. The van der Waals surface area contributed by atoms with Crippen LogP contribution in [-0.4, -0.2) is 37.3 Å². The first-order chi connectivity index (χ1) is 15.0. The van der Waals surface area contributed by atoms with Gasteiger partial charge in [0.1, 0.15) is 4.75 Å². The van der Waals surface area contributed by atoms with Crippen molar-refractivity contribution in [2.45, 2.75) is 42.5 Å². The SMILES string of the molecule is Cc1sc(SC(C)(C)C(=O)O)nc1CCNc1ncc(-c2ccc(C(F)(F)F)cc2)cn1.Cl. The van der Waals surface area contributed by atoms with Crippen LogP contribution in [0.4, 0.5) is 19.1 Å². The van der Waals surface area contributed by atoms with Gasteiger partial charge in [-0.2, -0.15) is 13.2 Å². The number of halogens is 4. The van der Waals surface area contributed by atoms with E-state index in [1.54, 1.807) is 26.2 Å². The molecule has 0 radical (unpaired) electrons. The number of carboxylic acids is 1. The van der Waals surface area contributed by atoms with E-state index in [4.69, 9.17) is 0 Å². The average molecular weight is 519 g/mol. The van der Waals surface area contributed by atoms with Crippen LogP contribution in [0.15, 0.2) is 41.0 Å². The molecule has 0 unspecified atom stereocenters. The highest BCUT2D eigenvalue weighted by atomic mass is 35.5. The fraction of sp³-hybridized carbons (Fsp3) is 0.333. The first-order valence-electron chi connectivity index (χ1n) is 9.58. The molecule has 33 heavy (non-hydrogen) atoms. The number of anilines is 1. The Labute approximate surface area is 203 Å². The van der Waals surface area contributed by atoms with E-state index in [1.807, 2.05) is 6.92 Å². The number of aliphatic carboxylic acids is 1. The van der Waals surface area contributed by atoms with Gasteiger partial charge in [-0.3, -0.25) is 4.79 Å². The average Bonchev–Trinajstić information content (AvgIpc) is 3.06. The van der Waals surface area contributed by atoms with E-state index in [0.717, 1.165) is 22.7 Å². The Balaban J connectivity index is 0.00000385. The highest BCUT2D eigenvalue weighted by Crippen LogP contribution is 2.36. The van der Waals surface area contributed by atoms with Gasteiger partial charge < -0.3 is 10.4 Å². The fourth-order valence-electron chi connectivity index (χ4n) is 2.65. The summed E-state index contributed by atoms with van der Waals surface area (Å²) in [6.07, 6.45) is -0.658. The summed E-state index contributed by atoms with van der Waals surface area (Å²) in [6, 6.07) is 4.84. The third kappa shape index (κ3) is 7.05. The van der Waals surface area contributed by atoms with Crippen molar-refractivity contribution in [3.63, 3.8) is 0 Å². The first kappa shape index (κ1) is 26.9. The number of benzene rings is 1. The molecule has 12 heteroatoms. The van der Waals surface area contributed by atoms with Gasteiger partial charge in [0.25, 0.3) is 0 Å². The van der Waals surface area contributed by atoms with E-state index in [-0.39, 0.29) is 12.4 Å². The van der Waals surface area contributed by atoms with Crippen molar-refractivity contribution in [3.8, 4) is 11.1 Å². The number of aromatic nitrogens is 3. The van der Waals surface area contributed by atoms with E-state index in [1.165, 1.54) is 35.2 Å². The van der Waals surface area contributed by atoms with Crippen LogP contribution in [0, 0.1) is 6.92 Å².